The molecule has 0 aromatic heterocycles. The Bertz CT molecular complexity index is 840. The van der Waals surface area contributed by atoms with Gasteiger partial charge in [0.15, 0.2) is 0 Å². The van der Waals surface area contributed by atoms with E-state index in [4.69, 9.17) is 0 Å². The van der Waals surface area contributed by atoms with Crippen molar-refractivity contribution < 1.29 is 0 Å². The summed E-state index contributed by atoms with van der Waals surface area (Å²) in [6.45, 7) is 0. The fourth-order valence-electron chi connectivity index (χ4n) is 2.62. The van der Waals surface area contributed by atoms with Crippen LogP contribution in [-0.2, 0) is 0 Å². The van der Waals surface area contributed by atoms with Crippen LogP contribution in [-0.4, -0.2) is 0 Å². The third-order valence-corrected chi connectivity index (χ3v) is 3.53. The van der Waals surface area contributed by atoms with Gasteiger partial charge < -0.3 is 0 Å². The van der Waals surface area contributed by atoms with Gasteiger partial charge in [0.1, 0.15) is 0 Å². The van der Waals surface area contributed by atoms with E-state index in [2.05, 4.69) is 52.7 Å². The first-order chi connectivity index (χ1) is 9.92. The molecular weight excluding hydrogens is 244 g/mol. The van der Waals surface area contributed by atoms with Crippen molar-refractivity contribution >= 4 is 28.2 Å². The van der Waals surface area contributed by atoms with Crippen LogP contribution in [0.15, 0.2) is 77.0 Å². The highest BCUT2D eigenvalue weighted by molar-refractivity contribution is 6.08. The van der Waals surface area contributed by atoms with Crippen molar-refractivity contribution in [3.8, 4) is 0 Å². The highest BCUT2D eigenvalue weighted by Gasteiger charge is 2.15. The van der Waals surface area contributed by atoms with Gasteiger partial charge in [-0.25, -0.2) is 0 Å². The van der Waals surface area contributed by atoms with Crippen LogP contribution in [0, 0.1) is 0 Å². The Hall–Kier alpha value is -2.74. The second-order valence-electron chi connectivity index (χ2n) is 4.82. The molecule has 3 aromatic rings. The van der Waals surface area contributed by atoms with Gasteiger partial charge >= 0.3 is 0 Å². The lowest BCUT2D eigenvalue weighted by Crippen LogP contribution is -1.79. The Morgan fingerprint density at radius 3 is 2.30 bits per heavy atom. The van der Waals surface area contributed by atoms with E-state index < -0.39 is 0 Å². The highest BCUT2D eigenvalue weighted by atomic mass is 15.1. The first-order valence-corrected chi connectivity index (χ1v) is 6.62. The third-order valence-electron chi connectivity index (χ3n) is 3.53. The van der Waals surface area contributed by atoms with Crippen LogP contribution in [0.4, 0.5) is 5.69 Å². The van der Waals surface area contributed by atoms with E-state index in [1.165, 1.54) is 16.3 Å². The molecule has 3 aromatic carbocycles. The summed E-state index contributed by atoms with van der Waals surface area (Å²) >= 11 is 0. The van der Waals surface area contributed by atoms with E-state index in [0.717, 1.165) is 16.9 Å². The van der Waals surface area contributed by atoms with Gasteiger partial charge in [0.25, 0.3) is 0 Å². The summed E-state index contributed by atoms with van der Waals surface area (Å²) in [5.74, 6) is 0. The third kappa shape index (κ3) is 1.74. The monoisotopic (exact) mass is 256 g/mol. The number of nitrogens with zero attached hydrogens (tertiary/aromatic N) is 2. The van der Waals surface area contributed by atoms with E-state index in [0.29, 0.717) is 0 Å². The van der Waals surface area contributed by atoms with Crippen molar-refractivity contribution in [1.82, 2.24) is 0 Å². The van der Waals surface area contributed by atoms with Crippen LogP contribution in [0.3, 0.4) is 0 Å². The predicted octanol–water partition coefficient (Wildman–Crippen LogP) is 5.44. The number of hydrogen-bond acceptors (Lipinski definition) is 2. The molecule has 0 aliphatic heterocycles. The van der Waals surface area contributed by atoms with Gasteiger partial charge in [0.2, 0.25) is 0 Å². The molecule has 0 heterocycles. The van der Waals surface area contributed by atoms with E-state index in [1.54, 1.807) is 0 Å². The van der Waals surface area contributed by atoms with Gasteiger partial charge in [-0.1, -0.05) is 54.6 Å². The Labute approximate surface area is 117 Å². The molecule has 0 bridgehead atoms. The van der Waals surface area contributed by atoms with Crippen LogP contribution in [0.2, 0.25) is 0 Å². The van der Waals surface area contributed by atoms with E-state index in [-0.39, 0.29) is 0 Å². The number of rotatable bonds is 2. The fraction of sp³-hybridized carbons (Fsp3) is 0. The average molecular weight is 256 g/mol. The number of hydrogen-bond donors (Lipinski definition) is 0. The molecule has 0 N–H and O–H groups in total. The number of benzene rings is 3. The summed E-state index contributed by atoms with van der Waals surface area (Å²) in [5.41, 5.74) is 4.19. The smallest absolute Gasteiger partial charge is 0.0941 e. The lowest BCUT2D eigenvalue weighted by Gasteiger charge is -2.01. The second kappa shape index (κ2) is 4.42. The normalized spacial score (nSPS) is 13.1. The Morgan fingerprint density at radius 2 is 1.45 bits per heavy atom. The molecule has 0 saturated carbocycles. The first-order valence-electron chi connectivity index (χ1n) is 6.62. The Kier molecular flexibility index (Phi) is 2.46. The molecule has 1 aliphatic rings. The minimum absolute atomic E-state index is 0.872. The van der Waals surface area contributed by atoms with Crippen LogP contribution >= 0.6 is 0 Å². The Balaban J connectivity index is 1.80. The summed E-state index contributed by atoms with van der Waals surface area (Å²) in [6.07, 6.45) is 2.10. The fourth-order valence-corrected chi connectivity index (χ4v) is 2.62. The van der Waals surface area contributed by atoms with Crippen LogP contribution < -0.4 is 0 Å². The molecule has 0 fully saturated rings. The molecule has 20 heavy (non-hydrogen) atoms. The maximum absolute atomic E-state index is 4.42. The average Bonchev–Trinajstić information content (AvgIpc) is 2.87. The molecule has 1 aliphatic carbocycles. The van der Waals surface area contributed by atoms with E-state index in [9.17, 15) is 0 Å². The zero-order chi connectivity index (χ0) is 13.4. The summed E-state index contributed by atoms with van der Waals surface area (Å²) < 4.78 is 0. The molecule has 0 radical (unpaired) electrons. The summed E-state index contributed by atoms with van der Waals surface area (Å²) in [6, 6.07) is 22.4. The molecule has 0 spiro atoms. The van der Waals surface area contributed by atoms with Gasteiger partial charge in [-0.05, 0) is 34.5 Å². The van der Waals surface area contributed by atoms with Gasteiger partial charge in [-0.3, -0.25) is 0 Å². The zero-order valence-electron chi connectivity index (χ0n) is 10.8. The van der Waals surface area contributed by atoms with Crippen molar-refractivity contribution in [2.75, 3.05) is 0 Å². The molecule has 0 amide bonds. The topological polar surface area (TPSA) is 24.7 Å². The molecular formula is C18H12N2. The standard InChI is InChI=1S/C18H12N2/c1-2-9-15(10-3-1)19-20-17-12-14-8-4-6-13-7-5-11-16(17)18(13)14/h1-12H. The largest absolute Gasteiger partial charge is 0.151 e. The van der Waals surface area contributed by atoms with Gasteiger partial charge in [-0.15, -0.1) is 5.11 Å². The lowest BCUT2D eigenvalue weighted by atomic mass is 10.0. The van der Waals surface area contributed by atoms with Gasteiger partial charge in [-0.2, -0.15) is 5.11 Å². The minimum Gasteiger partial charge on any atom is -0.151 e. The zero-order valence-corrected chi connectivity index (χ0v) is 10.8. The molecule has 0 atom stereocenters. The minimum atomic E-state index is 0.872. The lowest BCUT2D eigenvalue weighted by molar-refractivity contribution is 1.25. The summed E-state index contributed by atoms with van der Waals surface area (Å²) in [7, 11) is 0. The summed E-state index contributed by atoms with van der Waals surface area (Å²) in [5, 5.41) is 11.3. The SMILES string of the molecule is C1=C(N=Nc2ccccc2)c2cccc3cccc1c23. The molecule has 94 valence electrons. The quantitative estimate of drug-likeness (QED) is 0.546. The van der Waals surface area contributed by atoms with E-state index >= 15 is 0 Å². The summed E-state index contributed by atoms with van der Waals surface area (Å²) in [4.78, 5) is 0. The predicted molar refractivity (Wildman–Crippen MR) is 82.8 cm³/mol. The first kappa shape index (κ1) is 11.1. The van der Waals surface area contributed by atoms with Crippen molar-refractivity contribution in [3.63, 3.8) is 0 Å². The van der Waals surface area contributed by atoms with Crippen molar-refractivity contribution in [3.05, 3.63) is 77.9 Å². The van der Waals surface area contributed by atoms with Crippen molar-refractivity contribution in [2.45, 2.75) is 0 Å². The highest BCUT2D eigenvalue weighted by Crippen LogP contribution is 2.37. The van der Waals surface area contributed by atoms with Crippen LogP contribution in [0.1, 0.15) is 11.1 Å². The van der Waals surface area contributed by atoms with Crippen LogP contribution in [0.5, 0.6) is 0 Å². The maximum Gasteiger partial charge on any atom is 0.0941 e. The molecule has 0 unspecified atom stereocenters. The van der Waals surface area contributed by atoms with E-state index in [1.807, 2.05) is 30.3 Å². The van der Waals surface area contributed by atoms with Crippen molar-refractivity contribution in [1.29, 1.82) is 0 Å². The van der Waals surface area contributed by atoms with Crippen molar-refractivity contribution in [2.24, 2.45) is 10.2 Å². The van der Waals surface area contributed by atoms with Crippen LogP contribution in [0.25, 0.3) is 22.5 Å². The second-order valence-corrected chi connectivity index (χ2v) is 4.82. The molecule has 2 heteroatoms. The van der Waals surface area contributed by atoms with Gasteiger partial charge in [0.05, 0.1) is 11.4 Å². The van der Waals surface area contributed by atoms with Gasteiger partial charge in [0, 0.05) is 5.56 Å². The number of azo groups is 1. The molecule has 0 saturated heterocycles. The Morgan fingerprint density at radius 1 is 0.650 bits per heavy atom. The maximum atomic E-state index is 4.42. The molecule has 4 rings (SSSR count). The molecule has 2 nitrogen and oxygen atoms in total.